The highest BCUT2D eigenvalue weighted by molar-refractivity contribution is 8.15. The fourth-order valence-corrected chi connectivity index (χ4v) is 3.18. The number of thioether (sulfide) groups is 1. The summed E-state index contributed by atoms with van der Waals surface area (Å²) in [6, 6.07) is 0. The van der Waals surface area contributed by atoms with Crippen LogP contribution in [0.4, 0.5) is 0 Å². The summed E-state index contributed by atoms with van der Waals surface area (Å²) in [4.78, 5) is 0. The molecule has 0 aliphatic carbocycles. The molecule has 0 amide bonds. The maximum absolute atomic E-state index is 11.3. The van der Waals surface area contributed by atoms with Gasteiger partial charge in [0.05, 0.1) is 15.0 Å². The van der Waals surface area contributed by atoms with Gasteiger partial charge in [-0.2, -0.15) is 0 Å². The molecule has 2 atom stereocenters. The molecule has 0 aromatic heterocycles. The van der Waals surface area contributed by atoms with Crippen molar-refractivity contribution in [3.63, 3.8) is 0 Å². The van der Waals surface area contributed by atoms with Gasteiger partial charge < -0.3 is 5.73 Å². The fraction of sp³-hybridized carbons (Fsp3) is 0.800. The molecule has 0 fully saturated rings. The van der Waals surface area contributed by atoms with Gasteiger partial charge in [-0.1, -0.05) is 26.7 Å². The van der Waals surface area contributed by atoms with Crippen LogP contribution in [0.15, 0.2) is 9.93 Å². The summed E-state index contributed by atoms with van der Waals surface area (Å²) in [5.74, 6) is 0.348. The largest absolute Gasteiger partial charge is 0.400 e. The summed E-state index contributed by atoms with van der Waals surface area (Å²) in [5.41, 5.74) is 6.79. The van der Waals surface area contributed by atoms with Crippen LogP contribution in [0.2, 0.25) is 0 Å². The Morgan fingerprint density at radius 1 is 1.57 bits per heavy atom. The van der Waals surface area contributed by atoms with E-state index < -0.39 is 10.8 Å². The lowest BCUT2D eigenvalue weighted by Gasteiger charge is -2.14. The van der Waals surface area contributed by atoms with E-state index in [4.69, 9.17) is 5.73 Å². The first-order chi connectivity index (χ1) is 6.54. The van der Waals surface area contributed by atoms with E-state index in [0.29, 0.717) is 5.92 Å². The molecule has 0 saturated carbocycles. The SMILES string of the molecule is CCCCC(C)C(N)=C(SC)S(C)=O. The second-order valence-corrected chi connectivity index (χ2v) is 5.84. The van der Waals surface area contributed by atoms with Crippen LogP contribution in [-0.4, -0.2) is 16.7 Å². The maximum atomic E-state index is 11.3. The number of hydrogen-bond acceptors (Lipinski definition) is 3. The molecule has 0 aromatic rings. The molecule has 0 aliphatic heterocycles. The Hall–Kier alpha value is 0.0400. The number of rotatable bonds is 6. The van der Waals surface area contributed by atoms with Crippen LogP contribution in [0.3, 0.4) is 0 Å². The van der Waals surface area contributed by atoms with Crippen molar-refractivity contribution in [1.29, 1.82) is 0 Å². The molecule has 2 unspecified atom stereocenters. The summed E-state index contributed by atoms with van der Waals surface area (Å²) in [6.07, 6.45) is 7.06. The highest BCUT2D eigenvalue weighted by Gasteiger charge is 2.12. The molecule has 0 aromatic carbocycles. The Morgan fingerprint density at radius 2 is 2.14 bits per heavy atom. The third-order valence-corrected chi connectivity index (χ3v) is 4.77. The van der Waals surface area contributed by atoms with E-state index in [1.54, 1.807) is 6.26 Å². The first-order valence-corrected chi connectivity index (χ1v) is 7.69. The highest BCUT2D eigenvalue weighted by Crippen LogP contribution is 2.24. The van der Waals surface area contributed by atoms with Gasteiger partial charge in [-0.15, -0.1) is 11.8 Å². The molecule has 0 spiro atoms. The monoisotopic (exact) mass is 235 g/mol. The zero-order valence-corrected chi connectivity index (χ0v) is 11.1. The summed E-state index contributed by atoms with van der Waals surface area (Å²) >= 11 is 1.50. The molecule has 14 heavy (non-hydrogen) atoms. The van der Waals surface area contributed by atoms with Crippen molar-refractivity contribution in [3.05, 3.63) is 9.93 Å². The van der Waals surface area contributed by atoms with E-state index in [2.05, 4.69) is 13.8 Å². The number of allylic oxidation sites excluding steroid dienone is 1. The zero-order chi connectivity index (χ0) is 11.1. The van der Waals surface area contributed by atoms with E-state index >= 15 is 0 Å². The summed E-state index contributed by atoms with van der Waals surface area (Å²) in [7, 11) is -0.942. The van der Waals surface area contributed by atoms with Crippen LogP contribution in [0.1, 0.15) is 33.1 Å². The molecule has 0 radical (unpaired) electrons. The Morgan fingerprint density at radius 3 is 2.50 bits per heavy atom. The van der Waals surface area contributed by atoms with Gasteiger partial charge in [0.1, 0.15) is 0 Å². The lowest BCUT2D eigenvalue weighted by atomic mass is 10.0. The molecule has 0 heterocycles. The fourth-order valence-electron chi connectivity index (χ4n) is 1.27. The summed E-state index contributed by atoms with van der Waals surface area (Å²) in [6.45, 7) is 4.27. The minimum Gasteiger partial charge on any atom is -0.400 e. The standard InChI is InChI=1S/C10H21NOS2/c1-5-6-7-8(2)9(11)10(13-3)14(4)12/h8H,5-7,11H2,1-4H3. The van der Waals surface area contributed by atoms with E-state index in [-0.39, 0.29) is 0 Å². The first-order valence-electron chi connectivity index (χ1n) is 4.91. The minimum atomic E-state index is -0.942. The predicted molar refractivity (Wildman–Crippen MR) is 67.5 cm³/mol. The maximum Gasteiger partial charge on any atom is 0.0900 e. The molecule has 2 N–H and O–H groups in total. The molecule has 2 nitrogen and oxygen atoms in total. The molecule has 4 heteroatoms. The molecule has 0 aliphatic rings. The van der Waals surface area contributed by atoms with Gasteiger partial charge in [-0.05, 0) is 18.6 Å². The van der Waals surface area contributed by atoms with Crippen molar-refractivity contribution in [2.75, 3.05) is 12.5 Å². The quantitative estimate of drug-likeness (QED) is 0.770. The Kier molecular flexibility index (Phi) is 7.37. The Bertz CT molecular complexity index is 226. The number of hydrogen-bond donors (Lipinski definition) is 1. The van der Waals surface area contributed by atoms with Gasteiger partial charge in [-0.25, -0.2) is 0 Å². The van der Waals surface area contributed by atoms with Gasteiger partial charge in [0, 0.05) is 12.0 Å². The van der Waals surface area contributed by atoms with Gasteiger partial charge >= 0.3 is 0 Å². The van der Waals surface area contributed by atoms with Gasteiger partial charge in [-0.3, -0.25) is 4.21 Å². The van der Waals surface area contributed by atoms with E-state index in [1.807, 2.05) is 6.26 Å². The molecule has 0 rings (SSSR count). The molecule has 84 valence electrons. The lowest BCUT2D eigenvalue weighted by molar-refractivity contribution is 0.567. The topological polar surface area (TPSA) is 43.1 Å². The Labute approximate surface area is 94.2 Å². The number of unbranched alkanes of at least 4 members (excludes halogenated alkanes) is 1. The van der Waals surface area contributed by atoms with Crippen LogP contribution in [0.25, 0.3) is 0 Å². The third-order valence-electron chi connectivity index (χ3n) is 2.20. The highest BCUT2D eigenvalue weighted by atomic mass is 32.2. The average molecular weight is 235 g/mol. The van der Waals surface area contributed by atoms with Gasteiger partial charge in [0.25, 0.3) is 0 Å². The number of nitrogens with two attached hydrogens (primary N) is 1. The molecular formula is C10H21NOS2. The van der Waals surface area contributed by atoms with Crippen molar-refractivity contribution in [1.82, 2.24) is 0 Å². The summed E-state index contributed by atoms with van der Waals surface area (Å²) < 4.78 is 12.2. The van der Waals surface area contributed by atoms with E-state index in [1.165, 1.54) is 24.6 Å². The van der Waals surface area contributed by atoms with Gasteiger partial charge in [0.15, 0.2) is 0 Å². The Balaban J connectivity index is 4.51. The normalized spacial score (nSPS) is 17.4. The zero-order valence-electron chi connectivity index (χ0n) is 9.50. The van der Waals surface area contributed by atoms with Crippen LogP contribution in [0, 0.1) is 5.92 Å². The van der Waals surface area contributed by atoms with E-state index in [0.717, 1.165) is 16.4 Å². The van der Waals surface area contributed by atoms with Crippen molar-refractivity contribution >= 4 is 22.6 Å². The van der Waals surface area contributed by atoms with Crippen molar-refractivity contribution in [2.24, 2.45) is 11.7 Å². The average Bonchev–Trinajstić information content (AvgIpc) is 2.14. The minimum absolute atomic E-state index is 0.348. The third kappa shape index (κ3) is 4.51. The van der Waals surface area contributed by atoms with Crippen molar-refractivity contribution in [3.8, 4) is 0 Å². The van der Waals surface area contributed by atoms with Crippen LogP contribution < -0.4 is 5.73 Å². The molecular weight excluding hydrogens is 214 g/mol. The van der Waals surface area contributed by atoms with Gasteiger partial charge in [0.2, 0.25) is 0 Å². The van der Waals surface area contributed by atoms with Crippen molar-refractivity contribution < 1.29 is 4.21 Å². The second kappa shape index (κ2) is 7.35. The first kappa shape index (κ1) is 14.0. The van der Waals surface area contributed by atoms with Crippen LogP contribution >= 0.6 is 11.8 Å². The molecule has 0 saturated heterocycles. The van der Waals surface area contributed by atoms with Crippen LogP contribution in [-0.2, 0) is 10.8 Å². The van der Waals surface area contributed by atoms with Crippen LogP contribution in [0.5, 0.6) is 0 Å². The predicted octanol–water partition coefficient (Wildman–Crippen LogP) is 2.68. The summed E-state index contributed by atoms with van der Waals surface area (Å²) in [5, 5.41) is 0. The second-order valence-electron chi connectivity index (χ2n) is 3.44. The smallest absolute Gasteiger partial charge is 0.0900 e. The lowest BCUT2D eigenvalue weighted by Crippen LogP contribution is -2.12. The van der Waals surface area contributed by atoms with E-state index in [9.17, 15) is 4.21 Å². The van der Waals surface area contributed by atoms with Crippen molar-refractivity contribution in [2.45, 2.75) is 33.1 Å². The molecule has 0 bridgehead atoms.